The molecule has 0 spiro atoms. The zero-order valence-electron chi connectivity index (χ0n) is 9.16. The molecule has 0 fully saturated rings. The minimum Gasteiger partial charge on any atom is -0.367 e. The summed E-state index contributed by atoms with van der Waals surface area (Å²) in [4.78, 5) is 13.5. The van der Waals surface area contributed by atoms with Crippen LogP contribution in [0.3, 0.4) is 0 Å². The van der Waals surface area contributed by atoms with Gasteiger partial charge in [-0.15, -0.1) is 0 Å². The van der Waals surface area contributed by atoms with Crippen LogP contribution in [0.5, 0.6) is 0 Å². The van der Waals surface area contributed by atoms with Crippen molar-refractivity contribution in [2.45, 2.75) is 25.6 Å². The van der Waals surface area contributed by atoms with Crippen molar-refractivity contribution in [3.63, 3.8) is 0 Å². The number of aromatic nitrogens is 1. The molecule has 1 aromatic rings. The van der Waals surface area contributed by atoms with Crippen LogP contribution in [0.1, 0.15) is 13.3 Å². The highest BCUT2D eigenvalue weighted by Gasteiger charge is 2.30. The predicted molar refractivity (Wildman–Crippen MR) is 59.7 cm³/mol. The van der Waals surface area contributed by atoms with Gasteiger partial charge in [-0.05, 0) is 6.92 Å². The van der Waals surface area contributed by atoms with Crippen LogP contribution in [0.2, 0.25) is 5.15 Å². The monoisotopic (exact) mass is 283 g/mol. The second-order valence-corrected chi connectivity index (χ2v) is 4.04. The Hall–Kier alpha value is -1.57. The highest BCUT2D eigenvalue weighted by atomic mass is 35.5. The van der Waals surface area contributed by atoms with Gasteiger partial charge in [0, 0.05) is 6.04 Å². The molecule has 0 aliphatic carbocycles. The van der Waals surface area contributed by atoms with Crippen molar-refractivity contribution in [2.75, 3.05) is 5.32 Å². The van der Waals surface area contributed by atoms with E-state index in [1.165, 1.54) is 6.92 Å². The van der Waals surface area contributed by atoms with E-state index in [1.807, 2.05) is 0 Å². The van der Waals surface area contributed by atoms with Crippen LogP contribution in [0, 0.1) is 10.1 Å². The Balaban J connectivity index is 2.81. The second kappa shape index (κ2) is 5.38. The maximum absolute atomic E-state index is 12.1. The minimum atomic E-state index is -4.32. The van der Waals surface area contributed by atoms with E-state index in [9.17, 15) is 23.3 Å². The molecule has 1 atom stereocenters. The highest BCUT2D eigenvalue weighted by molar-refractivity contribution is 6.29. The molecule has 1 N–H and O–H groups in total. The molecule has 18 heavy (non-hydrogen) atoms. The smallest absolute Gasteiger partial charge is 0.367 e. The van der Waals surface area contributed by atoms with Gasteiger partial charge in [0.15, 0.2) is 0 Å². The van der Waals surface area contributed by atoms with Gasteiger partial charge in [-0.1, -0.05) is 11.6 Å². The molecule has 9 heteroatoms. The van der Waals surface area contributed by atoms with Crippen molar-refractivity contribution >= 4 is 23.1 Å². The van der Waals surface area contributed by atoms with Gasteiger partial charge in [0.25, 0.3) is 5.69 Å². The van der Waals surface area contributed by atoms with E-state index in [-0.39, 0.29) is 16.7 Å². The minimum absolute atomic E-state index is 0.0639. The van der Waals surface area contributed by atoms with Crippen molar-refractivity contribution in [1.29, 1.82) is 0 Å². The molecule has 0 aliphatic heterocycles. The van der Waals surface area contributed by atoms with E-state index >= 15 is 0 Å². The van der Waals surface area contributed by atoms with Crippen molar-refractivity contribution in [1.82, 2.24) is 4.98 Å². The highest BCUT2D eigenvalue weighted by Crippen LogP contribution is 2.25. The standard InChI is InChI=1S/C9H9ClF3N3O2/c1-5(4-9(11,12)13)14-8-3-6(16(17)18)2-7(10)15-8/h2-3,5H,4H2,1H3,(H,14,15). The van der Waals surface area contributed by atoms with E-state index in [4.69, 9.17) is 11.6 Å². The normalized spacial score (nSPS) is 13.2. The van der Waals surface area contributed by atoms with E-state index in [0.717, 1.165) is 12.1 Å². The summed E-state index contributed by atoms with van der Waals surface area (Å²) < 4.78 is 36.3. The second-order valence-electron chi connectivity index (χ2n) is 3.66. The summed E-state index contributed by atoms with van der Waals surface area (Å²) in [6.45, 7) is 1.29. The number of hydrogen-bond acceptors (Lipinski definition) is 4. The van der Waals surface area contributed by atoms with Gasteiger partial charge < -0.3 is 5.32 Å². The maximum atomic E-state index is 12.1. The molecule has 1 unspecified atom stereocenters. The number of anilines is 1. The van der Waals surface area contributed by atoms with Crippen LogP contribution in [-0.4, -0.2) is 22.1 Å². The van der Waals surface area contributed by atoms with E-state index in [0.29, 0.717) is 0 Å². The van der Waals surface area contributed by atoms with Crippen LogP contribution in [0.15, 0.2) is 12.1 Å². The lowest BCUT2D eigenvalue weighted by Crippen LogP contribution is -2.24. The van der Waals surface area contributed by atoms with Crippen molar-refractivity contribution < 1.29 is 18.1 Å². The first-order valence-corrected chi connectivity index (χ1v) is 5.20. The predicted octanol–water partition coefficient (Wildman–Crippen LogP) is 3.40. The van der Waals surface area contributed by atoms with Crippen LogP contribution in [0.25, 0.3) is 0 Å². The van der Waals surface area contributed by atoms with Gasteiger partial charge in [0.1, 0.15) is 11.0 Å². The Morgan fingerprint density at radius 2 is 2.17 bits per heavy atom. The first kappa shape index (κ1) is 14.5. The molecule has 0 saturated heterocycles. The fourth-order valence-corrected chi connectivity index (χ4v) is 1.52. The number of nitrogens with one attached hydrogen (secondary N) is 1. The van der Waals surface area contributed by atoms with E-state index in [2.05, 4.69) is 10.3 Å². The van der Waals surface area contributed by atoms with Gasteiger partial charge in [-0.25, -0.2) is 4.98 Å². The van der Waals surface area contributed by atoms with E-state index < -0.39 is 23.6 Å². The fourth-order valence-electron chi connectivity index (χ4n) is 1.31. The van der Waals surface area contributed by atoms with Crippen LogP contribution in [0.4, 0.5) is 24.7 Å². The van der Waals surface area contributed by atoms with Crippen molar-refractivity contribution in [2.24, 2.45) is 0 Å². The number of nitrogens with zero attached hydrogens (tertiary/aromatic N) is 2. The molecule has 0 aliphatic rings. The Bertz CT molecular complexity index is 453. The lowest BCUT2D eigenvalue weighted by molar-refractivity contribution is -0.384. The van der Waals surface area contributed by atoms with Gasteiger partial charge in [0.05, 0.1) is 23.5 Å². The average molecular weight is 284 g/mol. The Labute approximate surface area is 105 Å². The van der Waals surface area contributed by atoms with Gasteiger partial charge in [-0.3, -0.25) is 10.1 Å². The summed E-state index contributed by atoms with van der Waals surface area (Å²) in [6.07, 6.45) is -5.40. The number of alkyl halides is 3. The number of halogens is 4. The summed E-state index contributed by atoms with van der Waals surface area (Å²) in [6, 6.07) is 1.08. The summed E-state index contributed by atoms with van der Waals surface area (Å²) in [5.41, 5.74) is -0.336. The fraction of sp³-hybridized carbons (Fsp3) is 0.444. The first-order chi connectivity index (χ1) is 8.17. The molecule has 0 saturated carbocycles. The first-order valence-electron chi connectivity index (χ1n) is 4.82. The Morgan fingerprint density at radius 1 is 1.56 bits per heavy atom. The SMILES string of the molecule is CC(CC(F)(F)F)Nc1cc([N+](=O)[O-])cc(Cl)n1. The third-order valence-corrected chi connectivity index (χ3v) is 2.12. The molecule has 1 rings (SSSR count). The lowest BCUT2D eigenvalue weighted by atomic mass is 10.2. The molecular formula is C9H9ClF3N3O2. The Morgan fingerprint density at radius 3 is 2.67 bits per heavy atom. The number of nitro groups is 1. The molecule has 5 nitrogen and oxygen atoms in total. The zero-order chi connectivity index (χ0) is 13.9. The van der Waals surface area contributed by atoms with Crippen molar-refractivity contribution in [3.8, 4) is 0 Å². The third kappa shape index (κ3) is 4.74. The summed E-state index contributed by atoms with van der Waals surface area (Å²) in [5, 5.41) is 12.8. The number of rotatable bonds is 4. The summed E-state index contributed by atoms with van der Waals surface area (Å²) in [5.74, 6) is -0.0639. The topological polar surface area (TPSA) is 68.1 Å². The molecule has 1 aromatic heterocycles. The third-order valence-electron chi connectivity index (χ3n) is 1.92. The summed E-state index contributed by atoms with van der Waals surface area (Å²) in [7, 11) is 0. The number of hydrogen-bond donors (Lipinski definition) is 1. The van der Waals surface area contributed by atoms with Crippen LogP contribution < -0.4 is 5.32 Å². The van der Waals surface area contributed by atoms with Crippen molar-refractivity contribution in [3.05, 3.63) is 27.4 Å². The van der Waals surface area contributed by atoms with Gasteiger partial charge >= 0.3 is 6.18 Å². The zero-order valence-corrected chi connectivity index (χ0v) is 9.92. The lowest BCUT2D eigenvalue weighted by Gasteiger charge is -2.16. The molecule has 0 radical (unpaired) electrons. The Kier molecular flexibility index (Phi) is 4.33. The maximum Gasteiger partial charge on any atom is 0.391 e. The average Bonchev–Trinajstić information content (AvgIpc) is 2.12. The number of pyridine rings is 1. The van der Waals surface area contributed by atoms with Crippen LogP contribution in [-0.2, 0) is 0 Å². The molecule has 0 amide bonds. The molecular weight excluding hydrogens is 275 g/mol. The van der Waals surface area contributed by atoms with Crippen LogP contribution >= 0.6 is 11.6 Å². The molecule has 100 valence electrons. The molecule has 1 heterocycles. The van der Waals surface area contributed by atoms with Gasteiger partial charge in [0.2, 0.25) is 0 Å². The molecule has 0 aromatic carbocycles. The van der Waals surface area contributed by atoms with E-state index in [1.54, 1.807) is 0 Å². The largest absolute Gasteiger partial charge is 0.391 e. The molecule has 0 bridgehead atoms. The quantitative estimate of drug-likeness (QED) is 0.522. The van der Waals surface area contributed by atoms with Gasteiger partial charge in [-0.2, -0.15) is 13.2 Å². The summed E-state index contributed by atoms with van der Waals surface area (Å²) >= 11 is 5.53.